The number of carbonyl (C=O) groups is 1. The molecule has 8 heteroatoms. The Labute approximate surface area is 239 Å². The van der Waals surface area contributed by atoms with Crippen LogP contribution in [0.15, 0.2) is 47.4 Å². The number of aryl methyl sites for hydroxylation is 1. The van der Waals surface area contributed by atoms with Gasteiger partial charge >= 0.3 is 5.97 Å². The maximum absolute atomic E-state index is 14.4. The van der Waals surface area contributed by atoms with Crippen molar-refractivity contribution in [2.45, 2.75) is 65.7 Å². The number of hydrogen-bond donors (Lipinski definition) is 0. The molecule has 1 aliphatic rings. The Kier molecular flexibility index (Phi) is 7.55. The van der Waals surface area contributed by atoms with Crippen LogP contribution < -0.4 is 10.3 Å². The Hall–Kier alpha value is -3.91. The largest absolute Gasteiger partial charge is 0.493 e. The third-order valence-corrected chi connectivity index (χ3v) is 7.74. The second kappa shape index (κ2) is 10.8. The highest BCUT2D eigenvalue weighted by Crippen LogP contribution is 2.42. The predicted molar refractivity (Wildman–Crippen MR) is 157 cm³/mol. The molecule has 0 saturated heterocycles. The Bertz CT molecular complexity index is 1710. The van der Waals surface area contributed by atoms with E-state index in [1.165, 1.54) is 17.7 Å². The van der Waals surface area contributed by atoms with Gasteiger partial charge in [0.25, 0.3) is 5.56 Å². The number of aromatic nitrogens is 2. The van der Waals surface area contributed by atoms with Gasteiger partial charge in [-0.25, -0.2) is 9.18 Å². The van der Waals surface area contributed by atoms with Crippen molar-refractivity contribution >= 4 is 16.9 Å². The zero-order valence-electron chi connectivity index (χ0n) is 24.8. The number of fused-ring (bicyclic) bond motifs is 2. The zero-order valence-corrected chi connectivity index (χ0v) is 24.8. The van der Waals surface area contributed by atoms with Crippen molar-refractivity contribution in [1.82, 2.24) is 9.13 Å². The highest BCUT2D eigenvalue weighted by atomic mass is 19.1. The molecule has 3 heterocycles. The minimum atomic E-state index is -1.15. The summed E-state index contributed by atoms with van der Waals surface area (Å²) in [6, 6.07) is 10.9. The zero-order chi connectivity index (χ0) is 29.6. The monoisotopic (exact) mass is 560 g/mol. The lowest BCUT2D eigenvalue weighted by molar-refractivity contribution is -0.165. The summed E-state index contributed by atoms with van der Waals surface area (Å²) < 4.78 is 35.1. The van der Waals surface area contributed by atoms with Crippen molar-refractivity contribution in [1.29, 1.82) is 0 Å². The van der Waals surface area contributed by atoms with Crippen LogP contribution in [-0.2, 0) is 34.3 Å². The molecule has 0 bridgehead atoms. The van der Waals surface area contributed by atoms with Crippen LogP contribution in [0.3, 0.4) is 0 Å². The maximum atomic E-state index is 14.4. The van der Waals surface area contributed by atoms with Crippen molar-refractivity contribution in [2.24, 2.45) is 7.05 Å². The molecule has 0 radical (unpaired) electrons. The van der Waals surface area contributed by atoms with E-state index in [4.69, 9.17) is 14.2 Å². The summed E-state index contributed by atoms with van der Waals surface area (Å²) >= 11 is 0. The number of methoxy groups -OCH3 is 1. The normalized spacial score (nSPS) is 14.0. The Morgan fingerprint density at radius 1 is 1.15 bits per heavy atom. The molecule has 41 heavy (non-hydrogen) atoms. The molecular formula is C33H37FN2O5. The third-order valence-electron chi connectivity index (χ3n) is 7.74. The van der Waals surface area contributed by atoms with Crippen LogP contribution in [0.25, 0.3) is 22.0 Å². The van der Waals surface area contributed by atoms with Gasteiger partial charge in [-0.15, -0.1) is 0 Å². The lowest BCUT2D eigenvalue weighted by Gasteiger charge is -2.30. The van der Waals surface area contributed by atoms with Gasteiger partial charge in [-0.2, -0.15) is 0 Å². The van der Waals surface area contributed by atoms with Gasteiger partial charge in [0.05, 0.1) is 25.0 Å². The molecule has 1 aliphatic heterocycles. The molecule has 0 fully saturated rings. The average molecular weight is 561 g/mol. The second-order valence-electron chi connectivity index (χ2n) is 11.7. The summed E-state index contributed by atoms with van der Waals surface area (Å²) in [4.78, 5) is 27.3. The summed E-state index contributed by atoms with van der Waals surface area (Å²) in [5.74, 6) is -0.0273. The third kappa shape index (κ3) is 5.28. The number of carbonyl (C=O) groups excluding carboxylic acids is 1. The first kappa shape index (κ1) is 28.6. The number of halogens is 1. The molecule has 1 unspecified atom stereocenters. The molecule has 216 valence electrons. The molecule has 2 aromatic carbocycles. The Balaban J connectivity index is 1.83. The van der Waals surface area contributed by atoms with Gasteiger partial charge in [-0.1, -0.05) is 18.2 Å². The van der Waals surface area contributed by atoms with Crippen molar-refractivity contribution in [3.63, 3.8) is 0 Å². The molecule has 2 aromatic heterocycles. The topological polar surface area (TPSA) is 71.7 Å². The van der Waals surface area contributed by atoms with Gasteiger partial charge in [0.2, 0.25) is 0 Å². The summed E-state index contributed by atoms with van der Waals surface area (Å²) in [6.07, 6.45) is 2.47. The number of nitrogens with zero attached hydrogens (tertiary/aromatic N) is 2. The van der Waals surface area contributed by atoms with E-state index in [1.54, 1.807) is 20.0 Å². The van der Waals surface area contributed by atoms with Crippen LogP contribution in [0.4, 0.5) is 4.39 Å². The summed E-state index contributed by atoms with van der Waals surface area (Å²) in [5.41, 5.74) is 4.93. The molecule has 5 rings (SSSR count). The molecule has 0 spiro atoms. The van der Waals surface area contributed by atoms with Crippen LogP contribution in [-0.4, -0.2) is 34.4 Å². The second-order valence-corrected chi connectivity index (χ2v) is 11.7. The van der Waals surface area contributed by atoms with Gasteiger partial charge in [0, 0.05) is 30.7 Å². The highest BCUT2D eigenvalue weighted by Gasteiger charge is 2.35. The predicted octanol–water partition coefficient (Wildman–Crippen LogP) is 6.17. The van der Waals surface area contributed by atoms with E-state index in [1.807, 2.05) is 62.7 Å². The van der Waals surface area contributed by atoms with E-state index >= 15 is 0 Å². The number of ether oxygens (including phenoxy) is 3. The van der Waals surface area contributed by atoms with Crippen LogP contribution in [0.1, 0.15) is 61.2 Å². The molecular weight excluding hydrogens is 523 g/mol. The van der Waals surface area contributed by atoms with Gasteiger partial charge in [-0.3, -0.25) is 4.79 Å². The molecule has 7 nitrogen and oxygen atoms in total. The SMILES string of the molecule is COC(=O)C(OC(C)(C)C)c1c(-c2ccc3c(c2C)CCCO3)c2ccn(Cc3ccc(C)c(F)c3)c2c(=O)n1C. The molecule has 1 atom stereocenters. The fraction of sp³-hybridized carbons (Fsp3) is 0.394. The van der Waals surface area contributed by atoms with Crippen molar-refractivity contribution < 1.29 is 23.4 Å². The lowest BCUT2D eigenvalue weighted by Crippen LogP contribution is -2.34. The van der Waals surface area contributed by atoms with Crippen molar-refractivity contribution in [2.75, 3.05) is 13.7 Å². The minimum absolute atomic E-state index is 0.290. The molecule has 4 aromatic rings. The minimum Gasteiger partial charge on any atom is -0.493 e. The maximum Gasteiger partial charge on any atom is 0.341 e. The first-order valence-corrected chi connectivity index (χ1v) is 13.9. The summed E-state index contributed by atoms with van der Waals surface area (Å²) in [5, 5.41) is 0.682. The highest BCUT2D eigenvalue weighted by molar-refractivity contribution is 5.99. The van der Waals surface area contributed by atoms with Crippen LogP contribution in [0.2, 0.25) is 0 Å². The van der Waals surface area contributed by atoms with Crippen LogP contribution >= 0.6 is 0 Å². The lowest BCUT2D eigenvalue weighted by atomic mass is 9.89. The smallest absolute Gasteiger partial charge is 0.341 e. The van der Waals surface area contributed by atoms with Crippen molar-refractivity contribution in [3.05, 3.63) is 86.7 Å². The molecule has 0 amide bonds. The van der Waals surface area contributed by atoms with Crippen LogP contribution in [0.5, 0.6) is 5.75 Å². The number of benzene rings is 2. The fourth-order valence-corrected chi connectivity index (χ4v) is 5.70. The van der Waals surface area contributed by atoms with Crippen LogP contribution in [0, 0.1) is 19.7 Å². The average Bonchev–Trinajstić information content (AvgIpc) is 3.34. The molecule has 0 saturated carbocycles. The number of esters is 1. The molecule has 0 N–H and O–H groups in total. The van der Waals surface area contributed by atoms with Gasteiger partial charge in [0.15, 0.2) is 6.10 Å². The summed E-state index contributed by atoms with van der Waals surface area (Å²) in [7, 11) is 2.97. The number of pyridine rings is 1. The van der Waals surface area contributed by atoms with E-state index in [9.17, 15) is 14.0 Å². The number of rotatable bonds is 6. The first-order chi connectivity index (χ1) is 19.4. The fourth-order valence-electron chi connectivity index (χ4n) is 5.70. The van der Waals surface area contributed by atoms with E-state index in [2.05, 4.69) is 0 Å². The number of hydrogen-bond acceptors (Lipinski definition) is 5. The van der Waals surface area contributed by atoms with Crippen molar-refractivity contribution in [3.8, 4) is 16.9 Å². The Morgan fingerprint density at radius 2 is 1.90 bits per heavy atom. The standard InChI is InChI=1S/C33H37FN2O5/c1-19-10-11-21(17-25(19)34)18-36-15-14-24-27(23-12-13-26-22(20(23)2)9-8-16-40-26)29(35(6)31(37)28(24)36)30(32(38)39-7)41-33(3,4)5/h10-15,17,30H,8-9,16,18H2,1-7H3. The summed E-state index contributed by atoms with van der Waals surface area (Å²) in [6.45, 7) is 10.3. The molecule has 0 aliphatic carbocycles. The van der Waals surface area contributed by atoms with E-state index in [0.717, 1.165) is 46.4 Å². The van der Waals surface area contributed by atoms with E-state index in [-0.39, 0.29) is 11.4 Å². The quantitative estimate of drug-likeness (QED) is 0.264. The Morgan fingerprint density at radius 3 is 2.59 bits per heavy atom. The van der Waals surface area contributed by atoms with Gasteiger partial charge in [0.1, 0.15) is 17.1 Å². The van der Waals surface area contributed by atoms with E-state index in [0.29, 0.717) is 35.3 Å². The van der Waals surface area contributed by atoms with E-state index < -0.39 is 17.7 Å². The first-order valence-electron chi connectivity index (χ1n) is 13.9. The van der Waals surface area contributed by atoms with Gasteiger partial charge in [-0.05, 0) is 93.5 Å². The van der Waals surface area contributed by atoms with Gasteiger partial charge < -0.3 is 23.3 Å².